The molecule has 2 aliphatic carbocycles. The van der Waals surface area contributed by atoms with Crippen LogP contribution in [0.5, 0.6) is 0 Å². The van der Waals surface area contributed by atoms with Gasteiger partial charge in [0.2, 0.25) is 0 Å². The van der Waals surface area contributed by atoms with Gasteiger partial charge in [0.1, 0.15) is 11.3 Å². The van der Waals surface area contributed by atoms with Crippen LogP contribution < -0.4 is 5.32 Å². The van der Waals surface area contributed by atoms with Crippen LogP contribution >= 0.6 is 11.6 Å². The van der Waals surface area contributed by atoms with Crippen molar-refractivity contribution < 1.29 is 14.6 Å². The number of hydrogen-bond donors (Lipinski definition) is 3. The first-order valence-corrected chi connectivity index (χ1v) is 12.1. The number of carboxylic acids is 1. The van der Waals surface area contributed by atoms with E-state index in [2.05, 4.69) is 55.5 Å². The maximum absolute atomic E-state index is 11.9. The van der Waals surface area contributed by atoms with Crippen LogP contribution in [-0.2, 0) is 16.1 Å². The predicted molar refractivity (Wildman–Crippen MR) is 130 cm³/mol. The second-order valence-corrected chi connectivity index (χ2v) is 9.74. The van der Waals surface area contributed by atoms with Gasteiger partial charge in [0.25, 0.3) is 0 Å². The Morgan fingerprint density at radius 3 is 2.74 bits per heavy atom. The molecule has 2 fully saturated rings. The molecule has 0 spiro atoms. The molecule has 3 heterocycles. The van der Waals surface area contributed by atoms with E-state index < -0.39 is 11.9 Å². The number of morpholine rings is 1. The minimum atomic E-state index is -0.779. The number of anilines is 1. The maximum Gasteiger partial charge on any atom is 0.309 e. The van der Waals surface area contributed by atoms with Crippen molar-refractivity contribution in [3.8, 4) is 11.4 Å². The molecule has 2 aromatic heterocycles. The maximum atomic E-state index is 11.9. The summed E-state index contributed by atoms with van der Waals surface area (Å²) in [6.07, 6.45) is 6.57. The number of benzene rings is 1. The van der Waals surface area contributed by atoms with Crippen LogP contribution in [0.25, 0.3) is 22.6 Å². The van der Waals surface area contributed by atoms with Crippen LogP contribution in [0.2, 0.25) is 5.02 Å². The third kappa shape index (κ3) is 3.85. The number of aromatic amines is 1. The standard InChI is InChI=1S/C25H26ClN5O3/c26-18-12-27-24-22(21(18)28-20-17-6-5-16(11-17)19(20)25(32)33)29-23(30-24)15-3-1-14(2-4-15)13-31-7-9-34-10-8-31/h1-6,12,16-17,19-20H,7-11,13H2,(H,32,33)(H2,27,28,29,30)/t16-,17+,19+,20-/m1/s1. The minimum Gasteiger partial charge on any atom is -0.481 e. The molecule has 1 aliphatic heterocycles. The summed E-state index contributed by atoms with van der Waals surface area (Å²) >= 11 is 6.53. The van der Waals surface area contributed by atoms with Gasteiger partial charge in [-0.3, -0.25) is 9.69 Å². The third-order valence-corrected chi connectivity index (χ3v) is 7.55. The van der Waals surface area contributed by atoms with Crippen molar-refractivity contribution in [2.45, 2.75) is 19.0 Å². The molecule has 1 aromatic carbocycles. The monoisotopic (exact) mass is 479 g/mol. The van der Waals surface area contributed by atoms with Crippen molar-refractivity contribution in [2.24, 2.45) is 17.8 Å². The Hall–Kier alpha value is -2.94. The van der Waals surface area contributed by atoms with Gasteiger partial charge < -0.3 is 20.1 Å². The smallest absolute Gasteiger partial charge is 0.309 e. The van der Waals surface area contributed by atoms with E-state index in [0.29, 0.717) is 27.7 Å². The van der Waals surface area contributed by atoms with Crippen molar-refractivity contribution >= 4 is 34.4 Å². The number of carboxylic acid groups (broad SMARTS) is 1. The number of H-pyrrole nitrogens is 1. The summed E-state index contributed by atoms with van der Waals surface area (Å²) in [6.45, 7) is 4.38. The Bertz CT molecular complexity index is 1250. The molecule has 0 unspecified atom stereocenters. The van der Waals surface area contributed by atoms with Crippen LogP contribution in [0.3, 0.4) is 0 Å². The SMILES string of the molecule is O=C(O)[C@@H]1[C@H](Nc2c(Cl)cnc3nc(-c4ccc(CN5CCOCC5)cc4)[nH]c23)[C@H]2C=C[C@@H]1C2. The number of nitrogens with zero attached hydrogens (tertiary/aromatic N) is 3. The van der Waals surface area contributed by atoms with E-state index in [1.165, 1.54) is 5.56 Å². The van der Waals surface area contributed by atoms with Gasteiger partial charge in [-0.05, 0) is 23.8 Å². The summed E-state index contributed by atoms with van der Waals surface area (Å²) in [6, 6.07) is 8.14. The zero-order chi connectivity index (χ0) is 23.2. The van der Waals surface area contributed by atoms with E-state index in [4.69, 9.17) is 16.3 Å². The van der Waals surface area contributed by atoms with Gasteiger partial charge in [-0.1, -0.05) is 48.0 Å². The lowest BCUT2D eigenvalue weighted by molar-refractivity contribution is -0.142. The summed E-state index contributed by atoms with van der Waals surface area (Å²) in [5, 5.41) is 13.7. The Balaban J connectivity index is 1.27. The van der Waals surface area contributed by atoms with Crippen LogP contribution in [0.15, 0.2) is 42.6 Å². The van der Waals surface area contributed by atoms with Crippen molar-refractivity contribution in [3.05, 3.63) is 53.2 Å². The van der Waals surface area contributed by atoms with Crippen molar-refractivity contribution in [3.63, 3.8) is 0 Å². The van der Waals surface area contributed by atoms with Crippen molar-refractivity contribution in [1.82, 2.24) is 19.9 Å². The number of allylic oxidation sites excluding steroid dienone is 1. The van der Waals surface area contributed by atoms with E-state index in [9.17, 15) is 9.90 Å². The topological polar surface area (TPSA) is 103 Å². The molecule has 8 nitrogen and oxygen atoms in total. The molecular weight excluding hydrogens is 454 g/mol. The first kappa shape index (κ1) is 21.6. The highest BCUT2D eigenvalue weighted by Crippen LogP contribution is 2.46. The lowest BCUT2D eigenvalue weighted by Crippen LogP contribution is -2.37. The number of nitrogens with one attached hydrogen (secondary N) is 2. The summed E-state index contributed by atoms with van der Waals surface area (Å²) in [5.74, 6) is -0.321. The number of ether oxygens (including phenoxy) is 1. The minimum absolute atomic E-state index is 0.0596. The van der Waals surface area contributed by atoms with E-state index in [-0.39, 0.29) is 17.9 Å². The molecule has 3 N–H and O–H groups in total. The first-order chi connectivity index (χ1) is 16.6. The van der Waals surface area contributed by atoms with Gasteiger partial charge in [0, 0.05) is 31.2 Å². The Kier molecular flexibility index (Phi) is 5.51. The number of halogens is 1. The summed E-state index contributed by atoms with van der Waals surface area (Å²) < 4.78 is 5.43. The van der Waals surface area contributed by atoms with E-state index in [1.807, 2.05) is 6.08 Å². The molecule has 3 aliphatic rings. The molecule has 2 bridgehead atoms. The van der Waals surface area contributed by atoms with Crippen LogP contribution in [-0.4, -0.2) is 63.3 Å². The molecular formula is C25H26ClN5O3. The average molecular weight is 480 g/mol. The number of hydrogen-bond acceptors (Lipinski definition) is 6. The largest absolute Gasteiger partial charge is 0.481 e. The summed E-state index contributed by atoms with van der Waals surface area (Å²) in [5.41, 5.74) is 4.10. The zero-order valence-corrected chi connectivity index (χ0v) is 19.3. The number of carbonyl (C=O) groups is 1. The lowest BCUT2D eigenvalue weighted by atomic mass is 9.89. The fourth-order valence-corrected chi connectivity index (χ4v) is 5.72. The average Bonchev–Trinajstić information content (AvgIpc) is 3.57. The molecule has 1 saturated heterocycles. The van der Waals surface area contributed by atoms with Gasteiger partial charge >= 0.3 is 5.97 Å². The predicted octanol–water partition coefficient (Wildman–Crippen LogP) is 3.80. The highest BCUT2D eigenvalue weighted by atomic mass is 35.5. The highest BCUT2D eigenvalue weighted by Gasteiger charge is 2.48. The van der Waals surface area contributed by atoms with Crippen LogP contribution in [0.4, 0.5) is 5.69 Å². The van der Waals surface area contributed by atoms with Crippen molar-refractivity contribution in [1.29, 1.82) is 0 Å². The fraction of sp³-hybridized carbons (Fsp3) is 0.400. The van der Waals surface area contributed by atoms with Gasteiger partial charge in [0.05, 0.1) is 36.0 Å². The number of rotatable bonds is 6. The second-order valence-electron chi connectivity index (χ2n) is 9.33. The summed E-state index contributed by atoms with van der Waals surface area (Å²) in [4.78, 5) is 26.8. The van der Waals surface area contributed by atoms with Gasteiger partial charge in [-0.15, -0.1) is 0 Å². The molecule has 0 amide bonds. The van der Waals surface area contributed by atoms with E-state index in [0.717, 1.165) is 44.8 Å². The molecule has 176 valence electrons. The summed E-state index contributed by atoms with van der Waals surface area (Å²) in [7, 11) is 0. The van der Waals surface area contributed by atoms with E-state index in [1.54, 1.807) is 6.20 Å². The van der Waals surface area contributed by atoms with Gasteiger partial charge in [-0.25, -0.2) is 9.97 Å². The molecule has 6 rings (SSSR count). The number of aromatic nitrogens is 3. The van der Waals surface area contributed by atoms with Crippen molar-refractivity contribution in [2.75, 3.05) is 31.6 Å². The number of aliphatic carboxylic acids is 1. The second kappa shape index (κ2) is 8.69. The number of pyridine rings is 1. The van der Waals surface area contributed by atoms with E-state index >= 15 is 0 Å². The van der Waals surface area contributed by atoms with Gasteiger partial charge in [0.15, 0.2) is 5.65 Å². The Labute approximate surface area is 202 Å². The molecule has 1 saturated carbocycles. The highest BCUT2D eigenvalue weighted by molar-refractivity contribution is 6.34. The zero-order valence-electron chi connectivity index (χ0n) is 18.6. The van der Waals surface area contributed by atoms with Gasteiger partial charge in [-0.2, -0.15) is 0 Å². The normalized spacial score (nSPS) is 26.4. The molecule has 4 atom stereocenters. The number of fused-ring (bicyclic) bond motifs is 3. The third-order valence-electron chi connectivity index (χ3n) is 7.27. The fourth-order valence-electron chi connectivity index (χ4n) is 5.52. The molecule has 34 heavy (non-hydrogen) atoms. The lowest BCUT2D eigenvalue weighted by Gasteiger charge is -2.27. The molecule has 9 heteroatoms. The van der Waals surface area contributed by atoms with Crippen LogP contribution in [0.1, 0.15) is 12.0 Å². The first-order valence-electron chi connectivity index (χ1n) is 11.7. The Morgan fingerprint density at radius 2 is 1.97 bits per heavy atom. The number of imidazole rings is 1. The molecule has 0 radical (unpaired) electrons. The quantitative estimate of drug-likeness (QED) is 0.462. The van der Waals surface area contributed by atoms with Crippen LogP contribution in [0, 0.1) is 17.8 Å². The Morgan fingerprint density at radius 1 is 1.21 bits per heavy atom. The molecule has 3 aromatic rings.